The van der Waals surface area contributed by atoms with Crippen molar-refractivity contribution in [3.8, 4) is 0 Å². The molecule has 0 bridgehead atoms. The lowest BCUT2D eigenvalue weighted by Crippen LogP contribution is -2.26. The second-order valence-corrected chi connectivity index (χ2v) is 2.79. The summed E-state index contributed by atoms with van der Waals surface area (Å²) in [6.45, 7) is 0.415. The molecule has 0 radical (unpaired) electrons. The van der Waals surface area contributed by atoms with E-state index in [9.17, 15) is 4.79 Å². The number of carbonyl (C=O) groups excluding carboxylic acids is 1. The first-order chi connectivity index (χ1) is 7.70. The van der Waals surface area contributed by atoms with E-state index in [4.69, 9.17) is 19.7 Å². The van der Waals surface area contributed by atoms with Crippen molar-refractivity contribution in [2.75, 3.05) is 46.8 Å². The fourth-order valence-electron chi connectivity index (χ4n) is 0.806. The fraction of sp³-hybridized carbons (Fsp3) is 0.889. The van der Waals surface area contributed by atoms with Crippen LogP contribution in [0.2, 0.25) is 0 Å². The van der Waals surface area contributed by atoms with Crippen molar-refractivity contribution in [3.05, 3.63) is 0 Å². The third-order valence-corrected chi connectivity index (χ3v) is 1.40. The number of methoxy groups -OCH3 is 1. The molecule has 96 valence electrons. The second kappa shape index (κ2) is 10.8. The number of aliphatic hydroxyl groups excluding tert-OH is 2. The Morgan fingerprint density at radius 2 is 1.94 bits per heavy atom. The lowest BCUT2D eigenvalue weighted by atomic mass is 10.6. The van der Waals surface area contributed by atoms with Gasteiger partial charge in [-0.15, -0.1) is 0 Å². The van der Waals surface area contributed by atoms with Crippen LogP contribution in [0, 0.1) is 0 Å². The van der Waals surface area contributed by atoms with Crippen molar-refractivity contribution >= 4 is 5.97 Å². The molecule has 1 unspecified atom stereocenters. The summed E-state index contributed by atoms with van der Waals surface area (Å²) in [6.07, 6.45) is -1.31. The molecular formula is C9H18O7. The monoisotopic (exact) mass is 238 g/mol. The van der Waals surface area contributed by atoms with Gasteiger partial charge in [-0.3, -0.25) is 0 Å². The summed E-state index contributed by atoms with van der Waals surface area (Å²) in [5.74, 6) is -0.657. The van der Waals surface area contributed by atoms with Crippen LogP contribution in [-0.4, -0.2) is 69.2 Å². The molecule has 0 amide bonds. The van der Waals surface area contributed by atoms with E-state index in [1.807, 2.05) is 0 Å². The minimum Gasteiger partial charge on any atom is -0.432 e. The van der Waals surface area contributed by atoms with Crippen molar-refractivity contribution in [1.82, 2.24) is 0 Å². The summed E-state index contributed by atoms with van der Waals surface area (Å²) in [6, 6.07) is 0. The van der Waals surface area contributed by atoms with Gasteiger partial charge in [0, 0.05) is 7.11 Å². The molecule has 0 aliphatic carbocycles. The van der Waals surface area contributed by atoms with Crippen LogP contribution in [0.1, 0.15) is 0 Å². The van der Waals surface area contributed by atoms with E-state index in [1.54, 1.807) is 0 Å². The first-order valence-electron chi connectivity index (χ1n) is 4.83. The van der Waals surface area contributed by atoms with Crippen molar-refractivity contribution in [1.29, 1.82) is 0 Å². The summed E-state index contributed by atoms with van der Waals surface area (Å²) < 4.78 is 18.9. The van der Waals surface area contributed by atoms with Crippen LogP contribution in [-0.2, 0) is 23.7 Å². The Hall–Kier alpha value is -0.730. The number of hydrogen-bond acceptors (Lipinski definition) is 7. The van der Waals surface area contributed by atoms with Gasteiger partial charge in [-0.1, -0.05) is 0 Å². The van der Waals surface area contributed by atoms with Gasteiger partial charge in [-0.05, 0) is 0 Å². The number of hydrogen-bond donors (Lipinski definition) is 2. The van der Waals surface area contributed by atoms with Crippen LogP contribution in [0.3, 0.4) is 0 Å². The highest BCUT2D eigenvalue weighted by molar-refractivity contribution is 5.70. The molecule has 0 aromatic rings. The van der Waals surface area contributed by atoms with Gasteiger partial charge in [0.05, 0.1) is 26.4 Å². The molecule has 0 aliphatic rings. The molecule has 2 N–H and O–H groups in total. The second-order valence-electron chi connectivity index (χ2n) is 2.79. The SMILES string of the molecule is COCC(=O)OC(O)COCCOCCO. The topological polar surface area (TPSA) is 94.5 Å². The van der Waals surface area contributed by atoms with Crippen LogP contribution in [0.4, 0.5) is 0 Å². The molecular weight excluding hydrogens is 220 g/mol. The molecule has 0 saturated carbocycles. The Morgan fingerprint density at radius 1 is 1.25 bits per heavy atom. The summed E-state index contributed by atoms with van der Waals surface area (Å²) in [4.78, 5) is 10.8. The minimum absolute atomic E-state index is 0.0444. The van der Waals surface area contributed by atoms with E-state index in [0.29, 0.717) is 6.61 Å². The quantitative estimate of drug-likeness (QED) is 0.272. The van der Waals surface area contributed by atoms with Gasteiger partial charge in [0.2, 0.25) is 6.29 Å². The number of esters is 1. The third kappa shape index (κ3) is 9.81. The van der Waals surface area contributed by atoms with E-state index in [0.717, 1.165) is 0 Å². The van der Waals surface area contributed by atoms with E-state index in [2.05, 4.69) is 9.47 Å². The first-order valence-corrected chi connectivity index (χ1v) is 4.83. The Balaban J connectivity index is 3.29. The van der Waals surface area contributed by atoms with E-state index in [-0.39, 0.29) is 33.0 Å². The molecule has 0 saturated heterocycles. The molecule has 0 rings (SSSR count). The predicted octanol–water partition coefficient (Wildman–Crippen LogP) is -1.48. The van der Waals surface area contributed by atoms with Crippen LogP contribution >= 0.6 is 0 Å². The highest BCUT2D eigenvalue weighted by Gasteiger charge is 2.10. The molecule has 1 atom stereocenters. The van der Waals surface area contributed by atoms with Gasteiger partial charge in [-0.25, -0.2) is 4.79 Å². The van der Waals surface area contributed by atoms with Crippen LogP contribution in [0.25, 0.3) is 0 Å². The predicted molar refractivity (Wildman–Crippen MR) is 52.7 cm³/mol. The standard InChI is InChI=1S/C9H18O7/c1-13-6-8(11)16-9(12)7-15-5-4-14-3-2-10/h9-10,12H,2-7H2,1H3. The Morgan fingerprint density at radius 3 is 2.56 bits per heavy atom. The summed E-state index contributed by atoms with van der Waals surface area (Å²) in [5.41, 5.74) is 0. The average molecular weight is 238 g/mol. The molecule has 0 aliphatic heterocycles. The van der Waals surface area contributed by atoms with Crippen LogP contribution in [0.15, 0.2) is 0 Å². The van der Waals surface area contributed by atoms with Gasteiger partial charge < -0.3 is 29.2 Å². The molecule has 0 heterocycles. The third-order valence-electron chi connectivity index (χ3n) is 1.40. The van der Waals surface area contributed by atoms with Crippen molar-refractivity contribution in [2.45, 2.75) is 6.29 Å². The highest BCUT2D eigenvalue weighted by Crippen LogP contribution is 1.91. The highest BCUT2D eigenvalue weighted by atomic mass is 16.7. The van der Waals surface area contributed by atoms with Crippen LogP contribution in [0.5, 0.6) is 0 Å². The summed E-state index contributed by atoms with van der Waals surface area (Å²) in [5, 5.41) is 17.5. The van der Waals surface area contributed by atoms with Crippen molar-refractivity contribution in [3.63, 3.8) is 0 Å². The maximum Gasteiger partial charge on any atom is 0.334 e. The maximum absolute atomic E-state index is 10.8. The smallest absolute Gasteiger partial charge is 0.334 e. The number of aliphatic hydroxyl groups is 2. The van der Waals surface area contributed by atoms with Gasteiger partial charge in [0.1, 0.15) is 13.2 Å². The zero-order valence-corrected chi connectivity index (χ0v) is 9.26. The Kier molecular flexibility index (Phi) is 10.3. The number of rotatable bonds is 10. The lowest BCUT2D eigenvalue weighted by Gasteiger charge is -2.12. The van der Waals surface area contributed by atoms with Gasteiger partial charge in [0.15, 0.2) is 0 Å². The summed E-state index contributed by atoms with van der Waals surface area (Å²) >= 11 is 0. The Bertz CT molecular complexity index is 173. The van der Waals surface area contributed by atoms with E-state index < -0.39 is 12.3 Å². The van der Waals surface area contributed by atoms with E-state index >= 15 is 0 Å². The largest absolute Gasteiger partial charge is 0.432 e. The molecule has 0 aromatic carbocycles. The zero-order chi connectivity index (χ0) is 12.2. The van der Waals surface area contributed by atoms with Crippen LogP contribution < -0.4 is 0 Å². The normalized spacial score (nSPS) is 12.4. The maximum atomic E-state index is 10.8. The van der Waals surface area contributed by atoms with E-state index in [1.165, 1.54) is 7.11 Å². The van der Waals surface area contributed by atoms with Crippen molar-refractivity contribution in [2.24, 2.45) is 0 Å². The lowest BCUT2D eigenvalue weighted by molar-refractivity contribution is -0.181. The molecule has 0 aromatic heterocycles. The van der Waals surface area contributed by atoms with Gasteiger partial charge in [-0.2, -0.15) is 0 Å². The molecule has 0 spiro atoms. The van der Waals surface area contributed by atoms with Crippen molar-refractivity contribution < 1.29 is 34.0 Å². The average Bonchev–Trinajstić information content (AvgIpc) is 2.23. The zero-order valence-electron chi connectivity index (χ0n) is 9.26. The molecule has 16 heavy (non-hydrogen) atoms. The molecule has 0 fully saturated rings. The molecule has 7 nitrogen and oxygen atoms in total. The Labute approximate surface area is 93.9 Å². The molecule has 7 heteroatoms. The number of ether oxygens (including phenoxy) is 4. The first kappa shape index (κ1) is 15.3. The minimum atomic E-state index is -1.31. The number of carbonyl (C=O) groups is 1. The summed E-state index contributed by atoms with van der Waals surface area (Å²) in [7, 11) is 1.35. The van der Waals surface area contributed by atoms with Gasteiger partial charge in [0.25, 0.3) is 0 Å². The van der Waals surface area contributed by atoms with Gasteiger partial charge >= 0.3 is 5.97 Å². The fourth-order valence-corrected chi connectivity index (χ4v) is 0.806.